The van der Waals surface area contributed by atoms with E-state index < -0.39 is 5.97 Å². The van der Waals surface area contributed by atoms with Crippen molar-refractivity contribution in [2.24, 2.45) is 0 Å². The number of hydrogen-bond acceptors (Lipinski definition) is 3. The largest absolute Gasteiger partial charge is 0.328 e. The second-order valence-corrected chi connectivity index (χ2v) is 3.89. The maximum absolute atomic E-state index is 5.75. The minimum Gasteiger partial charge on any atom is -0.328 e. The molecule has 3 heteroatoms. The first-order valence-electron chi connectivity index (χ1n) is 5.23. The van der Waals surface area contributed by atoms with Gasteiger partial charge in [-0.1, -0.05) is 12.8 Å². The third-order valence-electron chi connectivity index (χ3n) is 2.78. The number of fused-ring (bicyclic) bond motifs is 1. The van der Waals surface area contributed by atoms with Gasteiger partial charge in [0.05, 0.1) is 12.2 Å². The standard InChI is InChI=1S/C10H18O3/c1-3-11-10(2)12-8-6-4-5-7-9(8)13-10/h8-9H,3-7H2,1-2H3. The summed E-state index contributed by atoms with van der Waals surface area (Å²) in [6, 6.07) is 0. The predicted octanol–water partition coefficient (Wildman–Crippen LogP) is 2.05. The van der Waals surface area contributed by atoms with Crippen molar-refractivity contribution in [1.29, 1.82) is 0 Å². The van der Waals surface area contributed by atoms with Gasteiger partial charge in [-0.15, -0.1) is 0 Å². The molecule has 0 aromatic heterocycles. The summed E-state index contributed by atoms with van der Waals surface area (Å²) in [5.41, 5.74) is 0. The van der Waals surface area contributed by atoms with Gasteiger partial charge in [-0.2, -0.15) is 0 Å². The molecule has 76 valence electrons. The van der Waals surface area contributed by atoms with Crippen LogP contribution in [0.3, 0.4) is 0 Å². The van der Waals surface area contributed by atoms with Crippen LogP contribution in [0.25, 0.3) is 0 Å². The fraction of sp³-hybridized carbons (Fsp3) is 1.00. The Morgan fingerprint density at radius 1 is 1.23 bits per heavy atom. The quantitative estimate of drug-likeness (QED) is 0.660. The van der Waals surface area contributed by atoms with E-state index in [1.54, 1.807) is 0 Å². The topological polar surface area (TPSA) is 27.7 Å². The van der Waals surface area contributed by atoms with Gasteiger partial charge in [0.15, 0.2) is 0 Å². The molecule has 3 nitrogen and oxygen atoms in total. The Bertz CT molecular complexity index is 167. The van der Waals surface area contributed by atoms with Crippen molar-refractivity contribution >= 4 is 0 Å². The Balaban J connectivity index is 1.97. The van der Waals surface area contributed by atoms with Gasteiger partial charge in [0.25, 0.3) is 5.97 Å². The molecule has 0 N–H and O–H groups in total. The van der Waals surface area contributed by atoms with E-state index in [0.717, 1.165) is 12.8 Å². The second kappa shape index (κ2) is 3.56. The number of rotatable bonds is 2. The summed E-state index contributed by atoms with van der Waals surface area (Å²) in [6.07, 6.45) is 5.29. The van der Waals surface area contributed by atoms with Crippen LogP contribution in [0, 0.1) is 0 Å². The zero-order valence-corrected chi connectivity index (χ0v) is 8.41. The lowest BCUT2D eigenvalue weighted by Crippen LogP contribution is -2.30. The fourth-order valence-corrected chi connectivity index (χ4v) is 2.24. The molecule has 0 aromatic carbocycles. The zero-order valence-electron chi connectivity index (χ0n) is 8.41. The van der Waals surface area contributed by atoms with E-state index in [0.29, 0.717) is 6.61 Å². The Labute approximate surface area is 79.4 Å². The first-order chi connectivity index (χ1) is 6.23. The molecule has 13 heavy (non-hydrogen) atoms. The monoisotopic (exact) mass is 186 g/mol. The van der Waals surface area contributed by atoms with Crippen molar-refractivity contribution in [3.8, 4) is 0 Å². The third kappa shape index (κ3) is 1.87. The maximum atomic E-state index is 5.75. The summed E-state index contributed by atoms with van der Waals surface area (Å²) in [5.74, 6) is -0.769. The molecular formula is C10H18O3. The third-order valence-corrected chi connectivity index (χ3v) is 2.78. The van der Waals surface area contributed by atoms with Crippen molar-refractivity contribution in [1.82, 2.24) is 0 Å². The number of hydrogen-bond donors (Lipinski definition) is 0. The molecule has 0 radical (unpaired) electrons. The van der Waals surface area contributed by atoms with Crippen LogP contribution in [0.5, 0.6) is 0 Å². The van der Waals surface area contributed by atoms with Crippen LogP contribution in [0.1, 0.15) is 39.5 Å². The highest BCUT2D eigenvalue weighted by Crippen LogP contribution is 2.37. The molecule has 0 spiro atoms. The van der Waals surface area contributed by atoms with Crippen LogP contribution in [0.4, 0.5) is 0 Å². The summed E-state index contributed by atoms with van der Waals surface area (Å²) in [7, 11) is 0. The van der Waals surface area contributed by atoms with E-state index in [4.69, 9.17) is 14.2 Å². The second-order valence-electron chi connectivity index (χ2n) is 3.89. The first-order valence-corrected chi connectivity index (χ1v) is 5.23. The molecule has 1 saturated carbocycles. The molecule has 2 rings (SSSR count). The van der Waals surface area contributed by atoms with Gasteiger partial charge in [-0.3, -0.25) is 0 Å². The van der Waals surface area contributed by atoms with Gasteiger partial charge in [0.1, 0.15) is 0 Å². The lowest BCUT2D eigenvalue weighted by molar-refractivity contribution is -0.327. The highest BCUT2D eigenvalue weighted by Gasteiger charge is 2.45. The molecule has 2 unspecified atom stereocenters. The van der Waals surface area contributed by atoms with Gasteiger partial charge >= 0.3 is 0 Å². The average Bonchev–Trinajstić information content (AvgIpc) is 2.40. The highest BCUT2D eigenvalue weighted by molar-refractivity contribution is 4.83. The summed E-state index contributed by atoms with van der Waals surface area (Å²) >= 11 is 0. The fourth-order valence-electron chi connectivity index (χ4n) is 2.24. The Kier molecular flexibility index (Phi) is 2.58. The minimum atomic E-state index is -0.769. The minimum absolute atomic E-state index is 0.269. The SMILES string of the molecule is CCOC1(C)OC2CCCCC2O1. The van der Waals surface area contributed by atoms with E-state index in [1.165, 1.54) is 12.8 Å². The van der Waals surface area contributed by atoms with Gasteiger partial charge in [-0.25, -0.2) is 0 Å². The summed E-state index contributed by atoms with van der Waals surface area (Å²) in [5, 5.41) is 0. The van der Waals surface area contributed by atoms with E-state index >= 15 is 0 Å². The molecular weight excluding hydrogens is 168 g/mol. The molecule has 0 amide bonds. The Hall–Kier alpha value is -0.120. The predicted molar refractivity (Wildman–Crippen MR) is 48.2 cm³/mol. The first kappa shape index (κ1) is 9.44. The van der Waals surface area contributed by atoms with E-state index in [1.807, 2.05) is 13.8 Å². The molecule has 1 saturated heterocycles. The summed E-state index contributed by atoms with van der Waals surface area (Å²) in [6.45, 7) is 4.46. The molecule has 2 atom stereocenters. The van der Waals surface area contributed by atoms with E-state index in [-0.39, 0.29) is 12.2 Å². The smallest absolute Gasteiger partial charge is 0.280 e. The van der Waals surface area contributed by atoms with Gasteiger partial charge < -0.3 is 14.2 Å². The highest BCUT2D eigenvalue weighted by atomic mass is 16.9. The van der Waals surface area contributed by atoms with Crippen molar-refractivity contribution in [3.05, 3.63) is 0 Å². The summed E-state index contributed by atoms with van der Waals surface area (Å²) < 4.78 is 16.9. The van der Waals surface area contributed by atoms with Crippen molar-refractivity contribution in [3.63, 3.8) is 0 Å². The lowest BCUT2D eigenvalue weighted by atomic mass is 9.95. The Morgan fingerprint density at radius 2 is 1.77 bits per heavy atom. The molecule has 1 aliphatic carbocycles. The molecule has 1 aliphatic heterocycles. The lowest BCUT2D eigenvalue weighted by Gasteiger charge is -2.22. The van der Waals surface area contributed by atoms with Crippen molar-refractivity contribution in [2.75, 3.05) is 6.61 Å². The Morgan fingerprint density at radius 3 is 2.23 bits per heavy atom. The molecule has 1 heterocycles. The van der Waals surface area contributed by atoms with Crippen molar-refractivity contribution < 1.29 is 14.2 Å². The van der Waals surface area contributed by atoms with Gasteiger partial charge in [0, 0.05) is 13.5 Å². The molecule has 2 fully saturated rings. The van der Waals surface area contributed by atoms with Crippen LogP contribution in [-0.2, 0) is 14.2 Å². The molecule has 0 aromatic rings. The normalized spacial score (nSPS) is 44.8. The van der Waals surface area contributed by atoms with Crippen LogP contribution in [-0.4, -0.2) is 24.8 Å². The summed E-state index contributed by atoms with van der Waals surface area (Å²) in [4.78, 5) is 0. The molecule has 2 aliphatic rings. The van der Waals surface area contributed by atoms with Crippen LogP contribution < -0.4 is 0 Å². The van der Waals surface area contributed by atoms with Crippen molar-refractivity contribution in [2.45, 2.75) is 57.7 Å². The maximum Gasteiger partial charge on any atom is 0.280 e. The van der Waals surface area contributed by atoms with Gasteiger partial charge in [-0.05, 0) is 19.8 Å². The van der Waals surface area contributed by atoms with Crippen LogP contribution in [0.15, 0.2) is 0 Å². The van der Waals surface area contributed by atoms with Crippen LogP contribution >= 0.6 is 0 Å². The van der Waals surface area contributed by atoms with Crippen LogP contribution in [0.2, 0.25) is 0 Å². The van der Waals surface area contributed by atoms with E-state index in [9.17, 15) is 0 Å². The zero-order chi connectivity index (χ0) is 9.31. The van der Waals surface area contributed by atoms with Gasteiger partial charge in [0.2, 0.25) is 0 Å². The molecule has 0 bridgehead atoms. The van der Waals surface area contributed by atoms with E-state index in [2.05, 4.69) is 0 Å². The number of ether oxygens (including phenoxy) is 3. The average molecular weight is 186 g/mol.